The Bertz CT molecular complexity index is 1310. The largest absolute Gasteiger partial charge is 0.497 e. The SMILES string of the molecule is COc1ccc(C[C@H](NC(=O)c2cccc(=O)[nH]2)C(=O)N[C@@H](Cc2ccccc2)C(=O)C2(C)CC2)cc1. The Hall–Kier alpha value is -4.20. The van der Waals surface area contributed by atoms with E-state index in [4.69, 9.17) is 4.74 Å². The van der Waals surface area contributed by atoms with Gasteiger partial charge in [-0.3, -0.25) is 19.2 Å². The van der Waals surface area contributed by atoms with E-state index in [1.807, 2.05) is 49.4 Å². The standard InChI is InChI=1S/C29H31N3O5/c1-29(15-16-29)26(34)23(17-19-7-4-3-5-8-19)31-28(36)24(18-20-11-13-21(37-2)14-12-20)32-27(35)22-9-6-10-25(33)30-22/h3-14,23-24H,15-18H2,1-2H3,(H,30,33)(H,31,36)(H,32,35)/t23-,24-/m0/s1. The summed E-state index contributed by atoms with van der Waals surface area (Å²) in [5.41, 5.74) is 0.911. The Kier molecular flexibility index (Phi) is 7.86. The molecule has 1 fully saturated rings. The van der Waals surface area contributed by atoms with Crippen molar-refractivity contribution in [3.8, 4) is 5.75 Å². The average molecular weight is 502 g/mol. The quantitative estimate of drug-likeness (QED) is 0.374. The van der Waals surface area contributed by atoms with Crippen molar-refractivity contribution in [2.45, 2.75) is 44.7 Å². The third kappa shape index (κ3) is 6.73. The Morgan fingerprint density at radius 1 is 0.865 bits per heavy atom. The number of ketones is 1. The fourth-order valence-electron chi connectivity index (χ4n) is 4.21. The van der Waals surface area contributed by atoms with E-state index in [9.17, 15) is 19.2 Å². The van der Waals surface area contributed by atoms with Crippen LogP contribution in [0.4, 0.5) is 0 Å². The van der Waals surface area contributed by atoms with Crippen LogP contribution >= 0.6 is 0 Å². The van der Waals surface area contributed by atoms with Crippen molar-refractivity contribution < 1.29 is 19.1 Å². The maximum atomic E-state index is 13.6. The van der Waals surface area contributed by atoms with Crippen LogP contribution < -0.4 is 20.9 Å². The summed E-state index contributed by atoms with van der Waals surface area (Å²) in [5, 5.41) is 5.66. The maximum Gasteiger partial charge on any atom is 0.268 e. The van der Waals surface area contributed by atoms with E-state index < -0.39 is 34.9 Å². The molecule has 0 saturated heterocycles. The monoisotopic (exact) mass is 501 g/mol. The van der Waals surface area contributed by atoms with Gasteiger partial charge >= 0.3 is 0 Å². The van der Waals surface area contributed by atoms with Crippen LogP contribution in [-0.2, 0) is 22.4 Å². The lowest BCUT2D eigenvalue weighted by molar-refractivity contribution is -0.131. The highest BCUT2D eigenvalue weighted by molar-refractivity contribution is 5.99. The van der Waals surface area contributed by atoms with Gasteiger partial charge in [-0.25, -0.2) is 0 Å². The molecule has 8 heteroatoms. The minimum atomic E-state index is -0.984. The molecule has 1 heterocycles. The molecule has 0 spiro atoms. The minimum absolute atomic E-state index is 0.00776. The number of amides is 2. The summed E-state index contributed by atoms with van der Waals surface area (Å²) < 4.78 is 5.21. The molecule has 0 radical (unpaired) electrons. The number of benzene rings is 2. The molecule has 2 aromatic carbocycles. The van der Waals surface area contributed by atoms with Gasteiger partial charge in [0.2, 0.25) is 11.5 Å². The molecule has 4 rings (SSSR count). The van der Waals surface area contributed by atoms with Gasteiger partial charge in [-0.15, -0.1) is 0 Å². The number of carbonyl (C=O) groups is 3. The second kappa shape index (κ2) is 11.2. The molecular formula is C29H31N3O5. The average Bonchev–Trinajstić information content (AvgIpc) is 3.66. The zero-order chi connectivity index (χ0) is 26.4. The number of rotatable bonds is 11. The number of aromatic nitrogens is 1. The predicted molar refractivity (Wildman–Crippen MR) is 139 cm³/mol. The van der Waals surface area contributed by atoms with Crippen LogP contribution in [0, 0.1) is 5.41 Å². The molecule has 1 aliphatic rings. The summed E-state index contributed by atoms with van der Waals surface area (Å²) in [6, 6.07) is 19.2. The Labute approximate surface area is 215 Å². The normalized spacial score (nSPS) is 15.2. The molecule has 3 aromatic rings. The highest BCUT2D eigenvalue weighted by Gasteiger charge is 2.48. The zero-order valence-corrected chi connectivity index (χ0v) is 21.0. The van der Waals surface area contributed by atoms with Crippen LogP contribution in [0.3, 0.4) is 0 Å². The molecule has 3 N–H and O–H groups in total. The fourth-order valence-corrected chi connectivity index (χ4v) is 4.21. The van der Waals surface area contributed by atoms with Crippen LogP contribution in [0.15, 0.2) is 77.6 Å². The molecule has 192 valence electrons. The maximum absolute atomic E-state index is 13.6. The third-order valence-corrected chi connectivity index (χ3v) is 6.74. The molecule has 1 aromatic heterocycles. The van der Waals surface area contributed by atoms with Gasteiger partial charge < -0.3 is 20.4 Å². The lowest BCUT2D eigenvalue weighted by Gasteiger charge is -2.25. The highest BCUT2D eigenvalue weighted by Crippen LogP contribution is 2.46. The van der Waals surface area contributed by atoms with Gasteiger partial charge in [0.1, 0.15) is 17.5 Å². The number of aromatic amines is 1. The molecule has 8 nitrogen and oxygen atoms in total. The van der Waals surface area contributed by atoms with E-state index in [1.54, 1.807) is 19.2 Å². The number of hydrogen-bond acceptors (Lipinski definition) is 5. The van der Waals surface area contributed by atoms with Gasteiger partial charge in [0.05, 0.1) is 13.2 Å². The minimum Gasteiger partial charge on any atom is -0.497 e. The highest BCUT2D eigenvalue weighted by atomic mass is 16.5. The molecule has 0 unspecified atom stereocenters. The Morgan fingerprint density at radius 3 is 2.14 bits per heavy atom. The van der Waals surface area contributed by atoms with Gasteiger partial charge in [-0.2, -0.15) is 0 Å². The van der Waals surface area contributed by atoms with Crippen molar-refractivity contribution >= 4 is 17.6 Å². The summed E-state index contributed by atoms with van der Waals surface area (Å²) in [5.74, 6) is -0.402. The molecule has 0 bridgehead atoms. The number of hydrogen-bond donors (Lipinski definition) is 3. The van der Waals surface area contributed by atoms with Crippen molar-refractivity contribution in [1.29, 1.82) is 0 Å². The number of pyridine rings is 1. The third-order valence-electron chi connectivity index (χ3n) is 6.74. The molecule has 0 aliphatic heterocycles. The number of ether oxygens (including phenoxy) is 1. The summed E-state index contributed by atoms with van der Waals surface area (Å²) >= 11 is 0. The first kappa shape index (κ1) is 25.9. The van der Waals surface area contributed by atoms with Gasteiger partial charge in [0.25, 0.3) is 5.91 Å². The molecule has 1 aliphatic carbocycles. The van der Waals surface area contributed by atoms with Gasteiger partial charge in [0.15, 0.2) is 5.78 Å². The summed E-state index contributed by atoms with van der Waals surface area (Å²) in [4.78, 5) is 54.0. The van der Waals surface area contributed by atoms with Gasteiger partial charge in [-0.05, 0) is 48.6 Å². The van der Waals surface area contributed by atoms with Crippen LogP contribution in [-0.4, -0.2) is 41.8 Å². The first-order chi connectivity index (χ1) is 17.8. The fraction of sp³-hybridized carbons (Fsp3) is 0.310. The van der Waals surface area contributed by atoms with E-state index in [0.717, 1.165) is 24.0 Å². The molecule has 37 heavy (non-hydrogen) atoms. The van der Waals surface area contributed by atoms with Crippen LogP contribution in [0.25, 0.3) is 0 Å². The Balaban J connectivity index is 1.57. The second-order valence-corrected chi connectivity index (χ2v) is 9.68. The van der Waals surface area contributed by atoms with Crippen molar-refractivity contribution in [2.24, 2.45) is 5.41 Å². The first-order valence-corrected chi connectivity index (χ1v) is 12.3. The van der Waals surface area contributed by atoms with E-state index in [2.05, 4.69) is 15.6 Å². The van der Waals surface area contributed by atoms with Crippen molar-refractivity contribution in [3.05, 3.63) is 100.0 Å². The number of carbonyl (C=O) groups excluding carboxylic acids is 3. The number of methoxy groups -OCH3 is 1. The molecular weight excluding hydrogens is 470 g/mol. The lowest BCUT2D eigenvalue weighted by Crippen LogP contribution is -2.54. The number of H-pyrrole nitrogens is 1. The van der Waals surface area contributed by atoms with E-state index in [-0.39, 0.29) is 17.9 Å². The molecule has 2 amide bonds. The molecule has 2 atom stereocenters. The van der Waals surface area contributed by atoms with Crippen molar-refractivity contribution in [3.63, 3.8) is 0 Å². The van der Waals surface area contributed by atoms with E-state index >= 15 is 0 Å². The summed E-state index contributed by atoms with van der Waals surface area (Å²) in [6.45, 7) is 1.92. The van der Waals surface area contributed by atoms with Gasteiger partial charge in [0, 0.05) is 17.9 Å². The second-order valence-electron chi connectivity index (χ2n) is 9.68. The van der Waals surface area contributed by atoms with Crippen molar-refractivity contribution in [1.82, 2.24) is 15.6 Å². The first-order valence-electron chi connectivity index (χ1n) is 12.3. The predicted octanol–water partition coefficient (Wildman–Crippen LogP) is 2.82. The lowest BCUT2D eigenvalue weighted by atomic mass is 9.92. The topological polar surface area (TPSA) is 117 Å². The van der Waals surface area contributed by atoms with Crippen LogP contribution in [0.1, 0.15) is 41.4 Å². The Morgan fingerprint density at radius 2 is 1.51 bits per heavy atom. The van der Waals surface area contributed by atoms with Crippen LogP contribution in [0.2, 0.25) is 0 Å². The summed E-state index contributed by atoms with van der Waals surface area (Å²) in [7, 11) is 1.57. The molecule has 1 saturated carbocycles. The van der Waals surface area contributed by atoms with Crippen LogP contribution in [0.5, 0.6) is 5.75 Å². The van der Waals surface area contributed by atoms with Gasteiger partial charge in [-0.1, -0.05) is 55.5 Å². The van der Waals surface area contributed by atoms with Crippen molar-refractivity contribution in [2.75, 3.05) is 7.11 Å². The number of Topliss-reactive ketones (excluding diaryl/α,β-unsaturated/α-hetero) is 1. The van der Waals surface area contributed by atoms with E-state index in [0.29, 0.717) is 12.2 Å². The zero-order valence-electron chi connectivity index (χ0n) is 21.0. The summed E-state index contributed by atoms with van der Waals surface area (Å²) in [6.07, 6.45) is 2.12. The van der Waals surface area contributed by atoms with E-state index in [1.165, 1.54) is 18.2 Å². The number of nitrogens with one attached hydrogen (secondary N) is 3. The smallest absolute Gasteiger partial charge is 0.268 e.